The zero-order chi connectivity index (χ0) is 10.4. The van der Waals surface area contributed by atoms with Crippen molar-refractivity contribution in [2.75, 3.05) is 13.7 Å². The van der Waals surface area contributed by atoms with Crippen molar-refractivity contribution in [2.24, 2.45) is 5.73 Å². The third-order valence-electron chi connectivity index (χ3n) is 1.93. The largest absolute Gasteiger partial charge is 0.493 e. The molecule has 78 valence electrons. The normalized spacial score (nSPS) is 9.93. The fourth-order valence-electron chi connectivity index (χ4n) is 1.17. The van der Waals surface area contributed by atoms with Crippen molar-refractivity contribution in [3.05, 3.63) is 23.8 Å². The van der Waals surface area contributed by atoms with E-state index in [1.54, 1.807) is 7.11 Å². The molecule has 0 saturated carbocycles. The molecule has 1 aromatic carbocycles. The van der Waals surface area contributed by atoms with Gasteiger partial charge >= 0.3 is 0 Å². The Bertz CT molecular complexity index is 287. The van der Waals surface area contributed by atoms with Gasteiger partial charge in [-0.25, -0.2) is 0 Å². The van der Waals surface area contributed by atoms with Gasteiger partial charge in [-0.1, -0.05) is 13.0 Å². The van der Waals surface area contributed by atoms with E-state index in [0.717, 1.165) is 23.5 Å². The van der Waals surface area contributed by atoms with E-state index < -0.39 is 0 Å². The van der Waals surface area contributed by atoms with Gasteiger partial charge in [-0.05, 0) is 24.1 Å². The van der Waals surface area contributed by atoms with E-state index in [1.165, 1.54) is 0 Å². The summed E-state index contributed by atoms with van der Waals surface area (Å²) >= 11 is 0. The summed E-state index contributed by atoms with van der Waals surface area (Å²) in [6, 6.07) is 5.75. The van der Waals surface area contributed by atoms with Crippen LogP contribution in [-0.2, 0) is 6.54 Å². The fourth-order valence-corrected chi connectivity index (χ4v) is 1.17. The molecule has 14 heavy (non-hydrogen) atoms. The molecular formula is C11H17NO2. The topological polar surface area (TPSA) is 44.5 Å². The average molecular weight is 195 g/mol. The van der Waals surface area contributed by atoms with Crippen LogP contribution in [0.3, 0.4) is 0 Å². The number of hydrogen-bond acceptors (Lipinski definition) is 3. The summed E-state index contributed by atoms with van der Waals surface area (Å²) in [4.78, 5) is 0. The Morgan fingerprint density at radius 1 is 1.29 bits per heavy atom. The average Bonchev–Trinajstić information content (AvgIpc) is 2.25. The van der Waals surface area contributed by atoms with Gasteiger partial charge in [0.25, 0.3) is 0 Å². The van der Waals surface area contributed by atoms with Gasteiger partial charge in [-0.2, -0.15) is 0 Å². The summed E-state index contributed by atoms with van der Waals surface area (Å²) in [7, 11) is 1.64. The summed E-state index contributed by atoms with van der Waals surface area (Å²) in [6.07, 6.45) is 0.982. The predicted octanol–water partition coefficient (Wildman–Crippen LogP) is 1.94. The van der Waals surface area contributed by atoms with Crippen molar-refractivity contribution >= 4 is 0 Å². The van der Waals surface area contributed by atoms with Crippen molar-refractivity contribution in [3.8, 4) is 11.5 Å². The van der Waals surface area contributed by atoms with E-state index in [4.69, 9.17) is 15.2 Å². The van der Waals surface area contributed by atoms with Crippen molar-refractivity contribution in [2.45, 2.75) is 19.9 Å². The van der Waals surface area contributed by atoms with Crippen molar-refractivity contribution in [1.82, 2.24) is 0 Å². The van der Waals surface area contributed by atoms with E-state index >= 15 is 0 Å². The van der Waals surface area contributed by atoms with E-state index in [9.17, 15) is 0 Å². The first kappa shape index (κ1) is 10.9. The summed E-state index contributed by atoms with van der Waals surface area (Å²) in [5, 5.41) is 0. The smallest absolute Gasteiger partial charge is 0.161 e. The van der Waals surface area contributed by atoms with Crippen molar-refractivity contribution in [1.29, 1.82) is 0 Å². The van der Waals surface area contributed by atoms with Gasteiger partial charge in [0.15, 0.2) is 11.5 Å². The first-order valence-electron chi connectivity index (χ1n) is 4.81. The van der Waals surface area contributed by atoms with Gasteiger partial charge in [-0.15, -0.1) is 0 Å². The Morgan fingerprint density at radius 3 is 2.64 bits per heavy atom. The van der Waals surface area contributed by atoms with Crippen molar-refractivity contribution in [3.63, 3.8) is 0 Å². The lowest BCUT2D eigenvalue weighted by Crippen LogP contribution is -2.01. The molecule has 0 atom stereocenters. The van der Waals surface area contributed by atoms with Crippen LogP contribution in [0.5, 0.6) is 11.5 Å². The van der Waals surface area contributed by atoms with Crippen LogP contribution in [0.4, 0.5) is 0 Å². The number of methoxy groups -OCH3 is 1. The highest BCUT2D eigenvalue weighted by molar-refractivity contribution is 5.42. The van der Waals surface area contributed by atoms with E-state index in [-0.39, 0.29) is 0 Å². The van der Waals surface area contributed by atoms with Crippen LogP contribution in [0, 0.1) is 0 Å². The molecule has 1 rings (SSSR count). The highest BCUT2D eigenvalue weighted by atomic mass is 16.5. The second-order valence-corrected chi connectivity index (χ2v) is 3.04. The SMILES string of the molecule is CCCOc1cc(CN)ccc1OC. The minimum atomic E-state index is 0.520. The number of rotatable bonds is 5. The molecule has 0 aliphatic heterocycles. The zero-order valence-electron chi connectivity index (χ0n) is 8.75. The molecular weight excluding hydrogens is 178 g/mol. The van der Waals surface area contributed by atoms with Crippen LogP contribution in [0.1, 0.15) is 18.9 Å². The standard InChI is InChI=1S/C11H17NO2/c1-3-6-14-11-7-9(8-12)4-5-10(11)13-2/h4-5,7H,3,6,8,12H2,1-2H3. The third kappa shape index (κ3) is 2.64. The van der Waals surface area contributed by atoms with Gasteiger partial charge < -0.3 is 15.2 Å². The van der Waals surface area contributed by atoms with Gasteiger partial charge in [0.05, 0.1) is 13.7 Å². The molecule has 0 aliphatic rings. The summed E-state index contributed by atoms with van der Waals surface area (Å²) < 4.78 is 10.7. The Morgan fingerprint density at radius 2 is 2.07 bits per heavy atom. The molecule has 0 bridgehead atoms. The van der Waals surface area contributed by atoms with Crippen LogP contribution >= 0.6 is 0 Å². The van der Waals surface area contributed by atoms with E-state index in [0.29, 0.717) is 13.2 Å². The van der Waals surface area contributed by atoms with Gasteiger partial charge in [0.2, 0.25) is 0 Å². The molecule has 3 heteroatoms. The van der Waals surface area contributed by atoms with Crippen LogP contribution in [-0.4, -0.2) is 13.7 Å². The Labute approximate surface area is 84.8 Å². The van der Waals surface area contributed by atoms with Gasteiger partial charge in [0.1, 0.15) is 0 Å². The van der Waals surface area contributed by atoms with E-state index in [1.807, 2.05) is 18.2 Å². The molecule has 1 aromatic rings. The minimum Gasteiger partial charge on any atom is -0.493 e. The summed E-state index contributed by atoms with van der Waals surface area (Å²) in [6.45, 7) is 3.29. The first-order chi connectivity index (χ1) is 6.81. The highest BCUT2D eigenvalue weighted by Crippen LogP contribution is 2.27. The zero-order valence-corrected chi connectivity index (χ0v) is 8.75. The predicted molar refractivity (Wildman–Crippen MR) is 56.7 cm³/mol. The van der Waals surface area contributed by atoms with Crippen LogP contribution < -0.4 is 15.2 Å². The monoisotopic (exact) mass is 195 g/mol. The Hall–Kier alpha value is -1.22. The number of ether oxygens (including phenoxy) is 2. The molecule has 0 unspecified atom stereocenters. The molecule has 0 radical (unpaired) electrons. The quantitative estimate of drug-likeness (QED) is 0.781. The molecule has 0 heterocycles. The Balaban J connectivity index is 2.84. The molecule has 2 N–H and O–H groups in total. The molecule has 0 saturated heterocycles. The number of nitrogens with two attached hydrogens (primary N) is 1. The molecule has 0 spiro atoms. The number of hydrogen-bond donors (Lipinski definition) is 1. The molecule has 0 aromatic heterocycles. The molecule has 0 fully saturated rings. The van der Waals surface area contributed by atoms with Crippen molar-refractivity contribution < 1.29 is 9.47 Å². The number of benzene rings is 1. The fraction of sp³-hybridized carbons (Fsp3) is 0.455. The Kier molecular flexibility index (Phi) is 4.26. The highest BCUT2D eigenvalue weighted by Gasteiger charge is 2.04. The van der Waals surface area contributed by atoms with Crippen LogP contribution in [0.25, 0.3) is 0 Å². The van der Waals surface area contributed by atoms with E-state index in [2.05, 4.69) is 6.92 Å². The lowest BCUT2D eigenvalue weighted by molar-refractivity contribution is 0.294. The summed E-state index contributed by atoms with van der Waals surface area (Å²) in [5.41, 5.74) is 6.60. The second-order valence-electron chi connectivity index (χ2n) is 3.04. The van der Waals surface area contributed by atoms with Gasteiger partial charge in [0, 0.05) is 6.54 Å². The maximum atomic E-state index is 5.54. The lowest BCUT2D eigenvalue weighted by atomic mass is 10.2. The molecule has 3 nitrogen and oxygen atoms in total. The maximum absolute atomic E-state index is 5.54. The molecule has 0 aliphatic carbocycles. The maximum Gasteiger partial charge on any atom is 0.161 e. The van der Waals surface area contributed by atoms with Crippen LogP contribution in [0.15, 0.2) is 18.2 Å². The molecule has 0 amide bonds. The minimum absolute atomic E-state index is 0.520. The first-order valence-corrected chi connectivity index (χ1v) is 4.81. The lowest BCUT2D eigenvalue weighted by Gasteiger charge is -2.10. The summed E-state index contributed by atoms with van der Waals surface area (Å²) in [5.74, 6) is 1.54. The van der Waals surface area contributed by atoms with Crippen LogP contribution in [0.2, 0.25) is 0 Å². The second kappa shape index (κ2) is 5.50. The third-order valence-corrected chi connectivity index (χ3v) is 1.93. The van der Waals surface area contributed by atoms with Gasteiger partial charge in [-0.3, -0.25) is 0 Å².